The first-order valence-electron chi connectivity index (χ1n) is 7.52. The number of thiophene rings is 2. The van der Waals surface area contributed by atoms with Crippen molar-refractivity contribution in [1.82, 2.24) is 15.1 Å². The van der Waals surface area contributed by atoms with Crippen LogP contribution in [-0.2, 0) is 17.8 Å². The lowest BCUT2D eigenvalue weighted by molar-refractivity contribution is -0.131. The minimum atomic E-state index is 0.0542. The molecule has 0 saturated heterocycles. The van der Waals surface area contributed by atoms with Crippen LogP contribution in [0.1, 0.15) is 17.2 Å². The van der Waals surface area contributed by atoms with Gasteiger partial charge in [-0.2, -0.15) is 11.3 Å². The number of hydrogen-bond acceptors (Lipinski definition) is 6. The van der Waals surface area contributed by atoms with Crippen LogP contribution in [-0.4, -0.2) is 27.5 Å². The van der Waals surface area contributed by atoms with E-state index < -0.39 is 0 Å². The number of amides is 1. The third-order valence-corrected chi connectivity index (χ3v) is 4.96. The second kappa shape index (κ2) is 8.03. The van der Waals surface area contributed by atoms with Crippen molar-refractivity contribution >= 4 is 28.6 Å². The summed E-state index contributed by atoms with van der Waals surface area (Å²) >= 11 is 3.22. The Hall–Kier alpha value is -2.25. The van der Waals surface area contributed by atoms with Gasteiger partial charge in [0.1, 0.15) is 0 Å². The van der Waals surface area contributed by atoms with E-state index in [0.29, 0.717) is 37.7 Å². The molecule has 0 spiro atoms. The number of rotatable bonds is 8. The summed E-state index contributed by atoms with van der Waals surface area (Å²) in [6.07, 6.45) is 2.52. The Morgan fingerprint density at radius 2 is 2.25 bits per heavy atom. The average Bonchev–Trinajstić information content (AvgIpc) is 3.32. The molecule has 0 N–H and O–H groups in total. The third-order valence-electron chi connectivity index (χ3n) is 3.42. The molecule has 3 aromatic heterocycles. The lowest BCUT2D eigenvalue weighted by Gasteiger charge is -2.20. The Labute approximate surface area is 148 Å². The monoisotopic (exact) mass is 359 g/mol. The van der Waals surface area contributed by atoms with E-state index in [9.17, 15) is 4.79 Å². The van der Waals surface area contributed by atoms with Gasteiger partial charge in [0.25, 0.3) is 0 Å². The van der Waals surface area contributed by atoms with Crippen LogP contribution in [0.25, 0.3) is 11.5 Å². The van der Waals surface area contributed by atoms with Crippen LogP contribution in [0, 0.1) is 0 Å². The van der Waals surface area contributed by atoms with E-state index in [1.165, 1.54) is 0 Å². The number of aryl methyl sites for hydroxylation is 1. The molecule has 1 amide bonds. The Kier molecular flexibility index (Phi) is 5.55. The van der Waals surface area contributed by atoms with Crippen LogP contribution in [0.3, 0.4) is 0 Å². The van der Waals surface area contributed by atoms with Gasteiger partial charge in [0, 0.05) is 35.2 Å². The number of hydrogen-bond donors (Lipinski definition) is 0. The Morgan fingerprint density at radius 3 is 2.96 bits per heavy atom. The van der Waals surface area contributed by atoms with Crippen molar-refractivity contribution in [2.24, 2.45) is 0 Å². The molecule has 124 valence electrons. The topological polar surface area (TPSA) is 59.2 Å². The summed E-state index contributed by atoms with van der Waals surface area (Å²) < 4.78 is 5.62. The molecule has 3 heterocycles. The molecule has 0 aliphatic rings. The second-order valence-corrected chi connectivity index (χ2v) is 6.97. The molecule has 0 unspecified atom stereocenters. The number of carbonyl (C=O) groups excluding carboxylic acids is 1. The molecule has 24 heavy (non-hydrogen) atoms. The highest BCUT2D eigenvalue weighted by Gasteiger charge is 2.16. The quantitative estimate of drug-likeness (QED) is 0.570. The van der Waals surface area contributed by atoms with Crippen LogP contribution in [0.4, 0.5) is 0 Å². The molecule has 0 fully saturated rings. The lowest BCUT2D eigenvalue weighted by atomic mass is 10.2. The second-order valence-electron chi connectivity index (χ2n) is 5.16. The molecule has 0 bridgehead atoms. The average molecular weight is 359 g/mol. The highest BCUT2D eigenvalue weighted by molar-refractivity contribution is 7.09. The largest absolute Gasteiger partial charge is 0.421 e. The van der Waals surface area contributed by atoms with E-state index in [2.05, 4.69) is 16.8 Å². The molecule has 5 nitrogen and oxygen atoms in total. The molecule has 0 radical (unpaired) electrons. The molecule has 0 aliphatic heterocycles. The third kappa shape index (κ3) is 4.18. The van der Waals surface area contributed by atoms with E-state index in [-0.39, 0.29) is 5.91 Å². The summed E-state index contributed by atoms with van der Waals surface area (Å²) in [5.74, 6) is 1.04. The van der Waals surface area contributed by atoms with Crippen LogP contribution in [0.2, 0.25) is 0 Å². The van der Waals surface area contributed by atoms with Crippen molar-refractivity contribution < 1.29 is 9.21 Å². The molecular weight excluding hydrogens is 342 g/mol. The Balaban J connectivity index is 1.58. The smallest absolute Gasteiger partial charge is 0.248 e. The summed E-state index contributed by atoms with van der Waals surface area (Å²) in [4.78, 5) is 15.4. The number of aromatic nitrogens is 2. The fraction of sp³-hybridized carbons (Fsp3) is 0.235. The molecule has 3 aromatic rings. The first-order chi connectivity index (χ1) is 11.8. The van der Waals surface area contributed by atoms with Crippen molar-refractivity contribution in [2.45, 2.75) is 19.4 Å². The lowest BCUT2D eigenvalue weighted by Crippen LogP contribution is -2.30. The molecule has 0 aliphatic carbocycles. The van der Waals surface area contributed by atoms with Gasteiger partial charge in [-0.3, -0.25) is 4.79 Å². The van der Waals surface area contributed by atoms with Gasteiger partial charge in [-0.25, -0.2) is 0 Å². The van der Waals surface area contributed by atoms with Gasteiger partial charge in [0.05, 0.1) is 6.54 Å². The van der Waals surface area contributed by atoms with Gasteiger partial charge in [-0.05, 0) is 22.9 Å². The van der Waals surface area contributed by atoms with Gasteiger partial charge < -0.3 is 9.32 Å². The maximum absolute atomic E-state index is 12.5. The highest BCUT2D eigenvalue weighted by atomic mass is 32.1. The van der Waals surface area contributed by atoms with Crippen molar-refractivity contribution in [3.8, 4) is 11.5 Å². The molecular formula is C17H17N3O2S2. The van der Waals surface area contributed by atoms with Gasteiger partial charge in [-0.1, -0.05) is 12.1 Å². The van der Waals surface area contributed by atoms with Gasteiger partial charge in [0.15, 0.2) is 0 Å². The standard InChI is InChI=1S/C17H17N3O2S2/c1-2-8-20(11-14-4-3-9-24-14)16(21)6-5-15-18-19-17(22-15)13-7-10-23-12-13/h2-4,7,9-10,12H,1,5-6,8,11H2. The fourth-order valence-corrected chi connectivity index (χ4v) is 3.58. The normalized spacial score (nSPS) is 10.7. The van der Waals surface area contributed by atoms with Crippen LogP contribution >= 0.6 is 22.7 Å². The molecule has 7 heteroatoms. The number of nitrogens with zero attached hydrogens (tertiary/aromatic N) is 3. The fourth-order valence-electron chi connectivity index (χ4n) is 2.23. The van der Waals surface area contributed by atoms with Crippen molar-refractivity contribution in [3.63, 3.8) is 0 Å². The van der Waals surface area contributed by atoms with Crippen molar-refractivity contribution in [3.05, 3.63) is 57.8 Å². The van der Waals surface area contributed by atoms with E-state index in [1.54, 1.807) is 33.6 Å². The van der Waals surface area contributed by atoms with E-state index in [1.807, 2.05) is 34.3 Å². The first kappa shape index (κ1) is 16.6. The highest BCUT2D eigenvalue weighted by Crippen LogP contribution is 2.21. The van der Waals surface area contributed by atoms with Gasteiger partial charge >= 0.3 is 0 Å². The molecule has 0 saturated carbocycles. The SMILES string of the molecule is C=CCN(Cc1cccs1)C(=O)CCc1nnc(-c2ccsc2)o1. The van der Waals surface area contributed by atoms with Gasteiger partial charge in [-0.15, -0.1) is 28.1 Å². The van der Waals surface area contributed by atoms with Crippen LogP contribution in [0.15, 0.2) is 51.4 Å². The Bertz CT molecular complexity index is 779. The Morgan fingerprint density at radius 1 is 1.33 bits per heavy atom. The molecule has 3 rings (SSSR count). The minimum Gasteiger partial charge on any atom is -0.421 e. The summed E-state index contributed by atoms with van der Waals surface area (Å²) in [5.41, 5.74) is 0.913. The predicted molar refractivity (Wildman–Crippen MR) is 95.9 cm³/mol. The maximum atomic E-state index is 12.5. The van der Waals surface area contributed by atoms with Crippen LogP contribution < -0.4 is 0 Å². The zero-order valence-electron chi connectivity index (χ0n) is 13.1. The van der Waals surface area contributed by atoms with E-state index in [4.69, 9.17) is 4.42 Å². The predicted octanol–water partition coefficient (Wildman–Crippen LogP) is 4.01. The first-order valence-corrected chi connectivity index (χ1v) is 9.34. The van der Waals surface area contributed by atoms with Crippen LogP contribution in [0.5, 0.6) is 0 Å². The summed E-state index contributed by atoms with van der Waals surface area (Å²) in [7, 11) is 0. The zero-order chi connectivity index (χ0) is 16.8. The van der Waals surface area contributed by atoms with E-state index >= 15 is 0 Å². The maximum Gasteiger partial charge on any atom is 0.248 e. The summed E-state index contributed by atoms with van der Waals surface area (Å²) in [6, 6.07) is 5.94. The van der Waals surface area contributed by atoms with E-state index in [0.717, 1.165) is 10.4 Å². The number of carbonyl (C=O) groups is 1. The van der Waals surface area contributed by atoms with Crippen molar-refractivity contribution in [2.75, 3.05) is 6.54 Å². The minimum absolute atomic E-state index is 0.0542. The molecule has 0 aromatic carbocycles. The zero-order valence-corrected chi connectivity index (χ0v) is 14.7. The van der Waals surface area contributed by atoms with Crippen molar-refractivity contribution in [1.29, 1.82) is 0 Å². The molecule has 0 atom stereocenters. The summed E-state index contributed by atoms with van der Waals surface area (Å²) in [6.45, 7) is 4.86. The summed E-state index contributed by atoms with van der Waals surface area (Å²) in [5, 5.41) is 14.0. The van der Waals surface area contributed by atoms with Gasteiger partial charge in [0.2, 0.25) is 17.7 Å².